The lowest BCUT2D eigenvalue weighted by atomic mass is 10.1. The smallest absolute Gasteiger partial charge is 0.0735 e. The van der Waals surface area contributed by atoms with Crippen molar-refractivity contribution in [2.45, 2.75) is 0 Å². The number of aliphatic imine (C=N–C) groups is 1. The van der Waals surface area contributed by atoms with Gasteiger partial charge in [0.05, 0.1) is 12.0 Å². The van der Waals surface area contributed by atoms with Crippen LogP contribution in [0, 0.1) is 0 Å². The van der Waals surface area contributed by atoms with Gasteiger partial charge in [0.15, 0.2) is 0 Å². The summed E-state index contributed by atoms with van der Waals surface area (Å²) in [4.78, 5) is 4.59. The van der Waals surface area contributed by atoms with Gasteiger partial charge in [-0.3, -0.25) is 4.99 Å². The van der Waals surface area contributed by atoms with E-state index in [1.165, 1.54) is 22.3 Å². The Bertz CT molecular complexity index is 525. The highest BCUT2D eigenvalue weighted by Crippen LogP contribution is 2.36. The van der Waals surface area contributed by atoms with Crippen LogP contribution in [0.1, 0.15) is 11.1 Å². The Kier molecular flexibility index (Phi) is 2.34. The van der Waals surface area contributed by atoms with E-state index in [0.29, 0.717) is 0 Å². The molecule has 1 nitrogen and oxygen atoms in total. The number of hydrogen-bond acceptors (Lipinski definition) is 1. The maximum Gasteiger partial charge on any atom is 0.0735 e. The lowest BCUT2D eigenvalue weighted by molar-refractivity contribution is 1.37. The van der Waals surface area contributed by atoms with E-state index in [1.54, 1.807) is 0 Å². The minimum atomic E-state index is 0.748. The topological polar surface area (TPSA) is 12.4 Å². The fourth-order valence-electron chi connectivity index (χ4n) is 2.26. The molecule has 0 spiro atoms. The lowest BCUT2D eigenvalue weighted by Crippen LogP contribution is -1.97. The van der Waals surface area contributed by atoms with Gasteiger partial charge in [0.1, 0.15) is 0 Å². The van der Waals surface area contributed by atoms with Gasteiger partial charge in [-0.15, -0.1) is 9.24 Å². The lowest BCUT2D eigenvalue weighted by Gasteiger charge is -1.99. The Balaban J connectivity index is 2.34. The number of benzene rings is 2. The van der Waals surface area contributed by atoms with Gasteiger partial charge in [0.2, 0.25) is 0 Å². The second-order valence-electron chi connectivity index (χ2n) is 3.78. The predicted molar refractivity (Wildman–Crippen MR) is 72.1 cm³/mol. The first kappa shape index (κ1) is 9.74. The maximum absolute atomic E-state index is 4.59. The van der Waals surface area contributed by atoms with Crippen molar-refractivity contribution in [1.29, 1.82) is 0 Å². The fourth-order valence-corrected chi connectivity index (χ4v) is 2.44. The summed E-state index contributed by atoms with van der Waals surface area (Å²) in [7, 11) is 2.66. The van der Waals surface area contributed by atoms with Gasteiger partial charge in [-0.25, -0.2) is 0 Å². The molecule has 0 saturated carbocycles. The molecule has 0 radical (unpaired) electrons. The molecule has 2 aromatic carbocycles. The van der Waals surface area contributed by atoms with Crippen molar-refractivity contribution in [3.8, 4) is 11.1 Å². The van der Waals surface area contributed by atoms with Crippen LogP contribution < -0.4 is 0 Å². The molecule has 2 heteroatoms. The third-order valence-corrected chi connectivity index (χ3v) is 3.09. The van der Waals surface area contributed by atoms with Crippen molar-refractivity contribution in [2.24, 2.45) is 4.99 Å². The van der Waals surface area contributed by atoms with E-state index in [2.05, 4.69) is 62.8 Å². The van der Waals surface area contributed by atoms with Crippen LogP contribution in [-0.4, -0.2) is 12.0 Å². The van der Waals surface area contributed by atoms with Crippen LogP contribution in [0.15, 0.2) is 53.5 Å². The summed E-state index contributed by atoms with van der Waals surface area (Å²) in [6.07, 6.45) is 0.748. The quantitative estimate of drug-likeness (QED) is 0.563. The molecule has 0 fully saturated rings. The average Bonchev–Trinajstić information content (AvgIpc) is 2.66. The van der Waals surface area contributed by atoms with E-state index in [-0.39, 0.29) is 0 Å². The summed E-state index contributed by atoms with van der Waals surface area (Å²) in [6, 6.07) is 16.9. The highest BCUT2D eigenvalue weighted by Gasteiger charge is 2.22. The average molecular weight is 225 g/mol. The van der Waals surface area contributed by atoms with Crippen LogP contribution in [0.2, 0.25) is 0 Å². The van der Waals surface area contributed by atoms with Crippen molar-refractivity contribution in [1.82, 2.24) is 0 Å². The molecule has 0 aromatic heterocycles. The fraction of sp³-hybridized carbons (Fsp3) is 0.0714. The molecular formula is C14H12NP. The Labute approximate surface area is 97.4 Å². The molecule has 0 saturated heterocycles. The van der Waals surface area contributed by atoms with Gasteiger partial charge in [0.25, 0.3) is 0 Å². The van der Waals surface area contributed by atoms with Crippen molar-refractivity contribution in [3.63, 3.8) is 0 Å². The summed E-state index contributed by atoms with van der Waals surface area (Å²) in [5.41, 5.74) is 6.24. The first-order chi connectivity index (χ1) is 7.92. The first-order valence-electron chi connectivity index (χ1n) is 5.35. The Morgan fingerprint density at radius 1 is 0.750 bits per heavy atom. The van der Waals surface area contributed by atoms with Crippen molar-refractivity contribution in [2.75, 3.05) is 6.29 Å². The third kappa shape index (κ3) is 1.32. The summed E-state index contributed by atoms with van der Waals surface area (Å²) in [6.45, 7) is 0. The van der Waals surface area contributed by atoms with E-state index in [4.69, 9.17) is 0 Å². The summed E-state index contributed by atoms with van der Waals surface area (Å²) in [5.74, 6) is 0. The highest BCUT2D eigenvalue weighted by atomic mass is 31.0. The van der Waals surface area contributed by atoms with E-state index in [0.717, 1.165) is 12.0 Å². The molecule has 0 aliphatic heterocycles. The second kappa shape index (κ2) is 3.84. The highest BCUT2D eigenvalue weighted by molar-refractivity contribution is 7.16. The van der Waals surface area contributed by atoms with Crippen molar-refractivity contribution >= 4 is 15.0 Å². The van der Waals surface area contributed by atoms with Crippen LogP contribution in [0.25, 0.3) is 11.1 Å². The van der Waals surface area contributed by atoms with E-state index >= 15 is 0 Å². The van der Waals surface area contributed by atoms with Gasteiger partial charge in [-0.05, 0) is 11.1 Å². The van der Waals surface area contributed by atoms with Crippen LogP contribution in [-0.2, 0) is 0 Å². The van der Waals surface area contributed by atoms with E-state index in [9.17, 15) is 0 Å². The zero-order valence-electron chi connectivity index (χ0n) is 8.85. The van der Waals surface area contributed by atoms with E-state index < -0.39 is 0 Å². The molecule has 1 aliphatic rings. The van der Waals surface area contributed by atoms with Gasteiger partial charge in [-0.2, -0.15) is 0 Å². The zero-order chi connectivity index (χ0) is 11.0. The largest absolute Gasteiger partial charge is 0.280 e. The minimum Gasteiger partial charge on any atom is -0.280 e. The SMILES string of the molecule is PCN=C1c2ccccc2-c2ccccc21. The first-order valence-corrected chi connectivity index (χ1v) is 6.17. The second-order valence-corrected chi connectivity index (χ2v) is 4.15. The minimum absolute atomic E-state index is 0.748. The van der Waals surface area contributed by atoms with Gasteiger partial charge in [0, 0.05) is 11.1 Å². The summed E-state index contributed by atoms with van der Waals surface area (Å²) < 4.78 is 0. The van der Waals surface area contributed by atoms with E-state index in [1.807, 2.05) is 0 Å². The molecule has 78 valence electrons. The monoisotopic (exact) mass is 225 g/mol. The third-order valence-electron chi connectivity index (χ3n) is 2.90. The van der Waals surface area contributed by atoms with Gasteiger partial charge >= 0.3 is 0 Å². The number of hydrogen-bond donors (Lipinski definition) is 0. The number of fused-ring (bicyclic) bond motifs is 3. The van der Waals surface area contributed by atoms with Gasteiger partial charge in [-0.1, -0.05) is 48.5 Å². The molecular weight excluding hydrogens is 213 g/mol. The Morgan fingerprint density at radius 3 is 1.62 bits per heavy atom. The Hall–Kier alpha value is -1.46. The van der Waals surface area contributed by atoms with Crippen LogP contribution in [0.5, 0.6) is 0 Å². The Morgan fingerprint density at radius 2 is 1.19 bits per heavy atom. The zero-order valence-corrected chi connectivity index (χ0v) is 10.0. The summed E-state index contributed by atoms with van der Waals surface area (Å²) >= 11 is 0. The van der Waals surface area contributed by atoms with Crippen LogP contribution >= 0.6 is 9.24 Å². The molecule has 0 amide bonds. The maximum atomic E-state index is 4.59. The molecule has 0 heterocycles. The predicted octanol–water partition coefficient (Wildman–Crippen LogP) is 3.34. The number of rotatable bonds is 1. The van der Waals surface area contributed by atoms with Crippen molar-refractivity contribution in [3.05, 3.63) is 59.7 Å². The standard InChI is InChI=1S/C14H12NP/c16-9-15-14-12-7-3-1-5-10(12)11-6-2-4-8-13(11)14/h1-8H,9,16H2. The summed E-state index contributed by atoms with van der Waals surface area (Å²) in [5, 5.41) is 0. The van der Waals surface area contributed by atoms with Gasteiger partial charge < -0.3 is 0 Å². The van der Waals surface area contributed by atoms with Crippen LogP contribution in [0.4, 0.5) is 0 Å². The van der Waals surface area contributed by atoms with Crippen LogP contribution in [0.3, 0.4) is 0 Å². The molecule has 1 unspecified atom stereocenters. The molecule has 1 atom stereocenters. The molecule has 0 N–H and O–H groups in total. The molecule has 3 rings (SSSR count). The molecule has 2 aromatic rings. The molecule has 16 heavy (non-hydrogen) atoms. The number of nitrogens with zero attached hydrogens (tertiary/aromatic N) is 1. The molecule has 1 aliphatic carbocycles. The van der Waals surface area contributed by atoms with Crippen molar-refractivity contribution < 1.29 is 0 Å². The normalized spacial score (nSPS) is 12.2. The molecule has 0 bridgehead atoms.